The van der Waals surface area contributed by atoms with E-state index in [2.05, 4.69) is 0 Å². The van der Waals surface area contributed by atoms with Crippen molar-refractivity contribution < 1.29 is 22.7 Å². The minimum Gasteiger partial charge on any atom is -0.469 e. The zero-order valence-electron chi connectivity index (χ0n) is 13.4. The Morgan fingerprint density at radius 1 is 1.08 bits per heavy atom. The van der Waals surface area contributed by atoms with Crippen LogP contribution in [0.25, 0.3) is 5.57 Å². The molecule has 6 heteroatoms. The molecule has 0 radical (unpaired) electrons. The van der Waals surface area contributed by atoms with Crippen molar-refractivity contribution in [2.45, 2.75) is 25.2 Å². The fourth-order valence-electron chi connectivity index (χ4n) is 2.94. The van der Waals surface area contributed by atoms with Crippen molar-refractivity contribution >= 4 is 11.4 Å². The number of ether oxygens (including phenoxy) is 1. The molecule has 0 saturated carbocycles. The van der Waals surface area contributed by atoms with Crippen molar-refractivity contribution in [3.63, 3.8) is 0 Å². The number of nitrogens with two attached hydrogens (primary N) is 1. The van der Waals surface area contributed by atoms with Crippen LogP contribution in [0.4, 0.5) is 13.2 Å². The molecular weight excluding hydrogens is 331 g/mol. The van der Waals surface area contributed by atoms with Crippen LogP contribution in [0.15, 0.2) is 60.4 Å². The fraction of sp³-hybridized carbons (Fsp3) is 0.211. The van der Waals surface area contributed by atoms with Gasteiger partial charge in [-0.3, -0.25) is 10.5 Å². The number of rotatable bonds is 3. The van der Waals surface area contributed by atoms with Crippen molar-refractivity contribution in [2.75, 3.05) is 0 Å². The third kappa shape index (κ3) is 3.30. The number of Topliss-reactive ketones (excluding diaryl/α,β-unsaturated/α-hetero) is 1. The van der Waals surface area contributed by atoms with Crippen molar-refractivity contribution in [1.82, 2.24) is 0 Å². The van der Waals surface area contributed by atoms with Gasteiger partial charge in [-0.05, 0) is 30.2 Å². The normalized spacial score (nSPS) is 20.8. The third-order valence-corrected chi connectivity index (χ3v) is 4.09. The summed E-state index contributed by atoms with van der Waals surface area (Å²) < 4.78 is 44.4. The Labute approximate surface area is 142 Å². The van der Waals surface area contributed by atoms with E-state index < -0.39 is 23.2 Å². The summed E-state index contributed by atoms with van der Waals surface area (Å²) in [5, 5.41) is 0. The Morgan fingerprint density at radius 2 is 1.76 bits per heavy atom. The van der Waals surface area contributed by atoms with Gasteiger partial charge in [-0.15, -0.1) is 0 Å². The van der Waals surface area contributed by atoms with E-state index in [1.165, 1.54) is 19.1 Å². The highest BCUT2D eigenvalue weighted by molar-refractivity contribution is 6.26. The molecule has 1 atom stereocenters. The molecule has 0 bridgehead atoms. The molecular formula is C19H16F3NO2. The highest BCUT2D eigenvalue weighted by Crippen LogP contribution is 2.37. The predicted molar refractivity (Wildman–Crippen MR) is 87.2 cm³/mol. The minimum atomic E-state index is -4.49. The monoisotopic (exact) mass is 347 g/mol. The van der Waals surface area contributed by atoms with Crippen molar-refractivity contribution in [1.29, 1.82) is 0 Å². The zero-order valence-corrected chi connectivity index (χ0v) is 13.4. The van der Waals surface area contributed by atoms with Crippen LogP contribution in [-0.2, 0) is 22.1 Å². The molecule has 2 aromatic rings. The second-order valence-electron chi connectivity index (χ2n) is 5.99. The number of allylic oxidation sites excluding steroid dienone is 1. The van der Waals surface area contributed by atoms with Gasteiger partial charge < -0.3 is 4.74 Å². The van der Waals surface area contributed by atoms with Crippen LogP contribution < -0.4 is 5.73 Å². The standard InChI is InChI=1S/C19H16F3NO2/c1-12-16(14-8-5-9-15(10-14)19(20,21)22)17(24)18(23,25-12)11-13-6-3-2-4-7-13/h2-10H,11,23H2,1H3. The van der Waals surface area contributed by atoms with E-state index in [1.807, 2.05) is 30.3 Å². The van der Waals surface area contributed by atoms with Crippen LogP contribution in [0, 0.1) is 0 Å². The van der Waals surface area contributed by atoms with Crippen molar-refractivity contribution in [3.05, 3.63) is 77.0 Å². The molecule has 2 aromatic carbocycles. The van der Waals surface area contributed by atoms with Crippen LogP contribution in [0.3, 0.4) is 0 Å². The molecule has 1 aliphatic heterocycles. The first-order valence-corrected chi connectivity index (χ1v) is 7.66. The summed E-state index contributed by atoms with van der Waals surface area (Å²) in [7, 11) is 0. The molecule has 0 amide bonds. The highest BCUT2D eigenvalue weighted by atomic mass is 19.4. The highest BCUT2D eigenvalue weighted by Gasteiger charge is 2.46. The molecule has 0 spiro atoms. The number of carbonyl (C=O) groups is 1. The van der Waals surface area contributed by atoms with Crippen LogP contribution in [0.2, 0.25) is 0 Å². The quantitative estimate of drug-likeness (QED) is 0.915. The first-order valence-electron chi connectivity index (χ1n) is 7.66. The second kappa shape index (κ2) is 6.04. The number of alkyl halides is 3. The molecule has 3 rings (SSSR count). The van der Waals surface area contributed by atoms with Crippen LogP contribution in [0.5, 0.6) is 0 Å². The Hall–Kier alpha value is -2.60. The Bertz CT molecular complexity index is 843. The van der Waals surface area contributed by atoms with E-state index in [1.54, 1.807) is 0 Å². The van der Waals surface area contributed by atoms with E-state index in [0.29, 0.717) is 0 Å². The van der Waals surface area contributed by atoms with Gasteiger partial charge in [0.15, 0.2) is 0 Å². The molecule has 130 valence electrons. The van der Waals surface area contributed by atoms with Crippen LogP contribution in [-0.4, -0.2) is 11.5 Å². The molecule has 0 saturated heterocycles. The predicted octanol–water partition coefficient (Wildman–Crippen LogP) is 3.93. The summed E-state index contributed by atoms with van der Waals surface area (Å²) in [6.45, 7) is 1.53. The van der Waals surface area contributed by atoms with Gasteiger partial charge >= 0.3 is 6.18 Å². The number of hydrogen-bond donors (Lipinski definition) is 1. The van der Waals surface area contributed by atoms with Gasteiger partial charge in [0.05, 0.1) is 11.1 Å². The van der Waals surface area contributed by atoms with E-state index in [4.69, 9.17) is 10.5 Å². The van der Waals surface area contributed by atoms with E-state index >= 15 is 0 Å². The Balaban J connectivity index is 1.94. The number of halogens is 3. The Morgan fingerprint density at radius 3 is 2.40 bits per heavy atom. The molecule has 0 aliphatic carbocycles. The molecule has 0 aromatic heterocycles. The van der Waals surface area contributed by atoms with Gasteiger partial charge in [0.2, 0.25) is 11.5 Å². The number of benzene rings is 2. The maximum absolute atomic E-state index is 12.9. The number of ketones is 1. The first-order chi connectivity index (χ1) is 11.7. The first kappa shape index (κ1) is 17.2. The molecule has 1 aliphatic rings. The summed E-state index contributed by atoms with van der Waals surface area (Å²) >= 11 is 0. The maximum Gasteiger partial charge on any atom is 0.416 e. The molecule has 0 fully saturated rings. The summed E-state index contributed by atoms with van der Waals surface area (Å²) in [4.78, 5) is 12.8. The van der Waals surface area contributed by atoms with E-state index in [9.17, 15) is 18.0 Å². The molecule has 2 N–H and O–H groups in total. The maximum atomic E-state index is 12.9. The SMILES string of the molecule is CC1=C(c2cccc(C(F)(F)F)c2)C(=O)C(N)(Cc2ccccc2)O1. The smallest absolute Gasteiger partial charge is 0.416 e. The van der Waals surface area contributed by atoms with Gasteiger partial charge in [-0.25, -0.2) is 0 Å². The lowest BCUT2D eigenvalue weighted by molar-refractivity contribution is -0.137. The van der Waals surface area contributed by atoms with Crippen molar-refractivity contribution in [2.24, 2.45) is 5.73 Å². The Kier molecular flexibility index (Phi) is 4.16. The van der Waals surface area contributed by atoms with Gasteiger partial charge in [-0.2, -0.15) is 13.2 Å². The van der Waals surface area contributed by atoms with Crippen LogP contribution >= 0.6 is 0 Å². The topological polar surface area (TPSA) is 52.3 Å². The molecule has 1 heterocycles. The summed E-state index contributed by atoms with van der Waals surface area (Å²) in [6, 6.07) is 13.7. The number of hydrogen-bond acceptors (Lipinski definition) is 3. The van der Waals surface area contributed by atoms with Gasteiger partial charge in [-0.1, -0.05) is 42.5 Å². The fourth-order valence-corrected chi connectivity index (χ4v) is 2.94. The van der Waals surface area contributed by atoms with E-state index in [-0.39, 0.29) is 23.3 Å². The van der Waals surface area contributed by atoms with Gasteiger partial charge in [0.25, 0.3) is 0 Å². The number of carbonyl (C=O) groups excluding carboxylic acids is 1. The zero-order chi connectivity index (χ0) is 18.2. The lowest BCUT2D eigenvalue weighted by Gasteiger charge is -2.23. The summed E-state index contributed by atoms with van der Waals surface area (Å²) in [5.74, 6) is -0.295. The minimum absolute atomic E-state index is 0.0875. The lowest BCUT2D eigenvalue weighted by Crippen LogP contribution is -2.49. The largest absolute Gasteiger partial charge is 0.469 e. The molecule has 25 heavy (non-hydrogen) atoms. The molecule has 1 unspecified atom stereocenters. The third-order valence-electron chi connectivity index (χ3n) is 4.09. The van der Waals surface area contributed by atoms with E-state index in [0.717, 1.165) is 17.7 Å². The average Bonchev–Trinajstić information content (AvgIpc) is 2.76. The second-order valence-corrected chi connectivity index (χ2v) is 5.99. The summed E-state index contributed by atoms with van der Waals surface area (Å²) in [6.07, 6.45) is -4.36. The average molecular weight is 347 g/mol. The van der Waals surface area contributed by atoms with Crippen LogP contribution in [0.1, 0.15) is 23.6 Å². The molecule has 3 nitrogen and oxygen atoms in total. The lowest BCUT2D eigenvalue weighted by atomic mass is 9.92. The van der Waals surface area contributed by atoms with Gasteiger partial charge in [0, 0.05) is 6.42 Å². The van der Waals surface area contributed by atoms with Gasteiger partial charge in [0.1, 0.15) is 5.76 Å². The summed E-state index contributed by atoms with van der Waals surface area (Å²) in [5.41, 5.74) is 4.74. The van der Waals surface area contributed by atoms with Crippen molar-refractivity contribution in [3.8, 4) is 0 Å².